The topological polar surface area (TPSA) is 109 Å². The van der Waals surface area contributed by atoms with Crippen molar-refractivity contribution in [1.82, 2.24) is 30.4 Å². The molecule has 10 nitrogen and oxygen atoms in total. The number of aliphatic hydroxyl groups is 1. The second-order valence-corrected chi connectivity index (χ2v) is 10.7. The number of rotatable bonds is 9. The van der Waals surface area contributed by atoms with Crippen molar-refractivity contribution in [2.75, 3.05) is 69.1 Å². The maximum atomic E-state index is 13.1. The number of amides is 1. The quantitative estimate of drug-likeness (QED) is 0.386. The summed E-state index contributed by atoms with van der Waals surface area (Å²) in [6.45, 7) is 12.1. The highest BCUT2D eigenvalue weighted by atomic mass is 16.3. The number of aliphatic hydroxyl groups excluding tert-OH is 1. The highest BCUT2D eigenvalue weighted by Gasteiger charge is 2.25. The summed E-state index contributed by atoms with van der Waals surface area (Å²) in [5, 5.41) is 20.2. The molecular formula is C27H40N8O2. The molecule has 1 aromatic carbocycles. The summed E-state index contributed by atoms with van der Waals surface area (Å²) >= 11 is 0. The minimum atomic E-state index is -0.654. The molecule has 10 heteroatoms. The first kappa shape index (κ1) is 25.8. The normalized spacial score (nSPS) is 19.8. The Morgan fingerprint density at radius 1 is 1.11 bits per heavy atom. The Labute approximate surface area is 219 Å². The standard InChI is InChI=1S/C27H40N8O2/c1-19(2)34-9-11-35(12-10-34)27-31-24(13-25(32-27)30-22-14-28-15-22)26(37)29-16-23(36)18-33-8-7-20-5-3-4-6-21(20)17-33/h3-6,13,19,22-23,28,36H,7-12,14-18H2,1-2H3,(H,29,37)(H,30,31,32)/t23-/m0/s1. The molecule has 3 aliphatic rings. The molecule has 200 valence electrons. The molecule has 2 fully saturated rings. The number of carbonyl (C=O) groups excluding carboxylic acids is 1. The van der Waals surface area contributed by atoms with Crippen LogP contribution in [-0.2, 0) is 13.0 Å². The number of aromatic nitrogens is 2. The minimum Gasteiger partial charge on any atom is -0.390 e. The zero-order valence-electron chi connectivity index (χ0n) is 22.0. The van der Waals surface area contributed by atoms with Crippen molar-refractivity contribution < 1.29 is 9.90 Å². The third-order valence-corrected chi connectivity index (χ3v) is 7.58. The lowest BCUT2D eigenvalue weighted by atomic mass is 10.00. The molecule has 0 spiro atoms. The van der Waals surface area contributed by atoms with Crippen LogP contribution in [0, 0.1) is 0 Å². The van der Waals surface area contributed by atoms with Crippen LogP contribution in [0.15, 0.2) is 30.3 Å². The van der Waals surface area contributed by atoms with E-state index in [2.05, 4.69) is 73.7 Å². The maximum absolute atomic E-state index is 13.1. The van der Waals surface area contributed by atoms with Crippen LogP contribution >= 0.6 is 0 Å². The van der Waals surface area contributed by atoms with Crippen molar-refractivity contribution in [3.63, 3.8) is 0 Å². The Morgan fingerprint density at radius 3 is 2.57 bits per heavy atom. The summed E-state index contributed by atoms with van der Waals surface area (Å²) in [5.41, 5.74) is 3.02. The zero-order valence-corrected chi connectivity index (χ0v) is 22.0. The molecule has 1 amide bonds. The fourth-order valence-electron chi connectivity index (χ4n) is 5.18. The minimum absolute atomic E-state index is 0.179. The number of hydrogen-bond donors (Lipinski definition) is 4. The first-order valence-electron chi connectivity index (χ1n) is 13.6. The SMILES string of the molecule is CC(C)N1CCN(c2nc(NC3CNC3)cc(C(=O)NC[C@H](O)CN3CCc4ccccc4C3)n2)CC1. The van der Waals surface area contributed by atoms with Gasteiger partial charge in [-0.3, -0.25) is 14.6 Å². The number of anilines is 2. The van der Waals surface area contributed by atoms with Crippen molar-refractivity contribution in [2.45, 2.75) is 45.0 Å². The molecule has 4 heterocycles. The molecule has 1 atom stereocenters. The molecule has 0 saturated carbocycles. The number of fused-ring (bicyclic) bond motifs is 1. The van der Waals surface area contributed by atoms with E-state index in [0.717, 1.165) is 58.8 Å². The van der Waals surface area contributed by atoms with Gasteiger partial charge in [0, 0.05) is 77.6 Å². The molecule has 0 bridgehead atoms. The predicted molar refractivity (Wildman–Crippen MR) is 145 cm³/mol. The van der Waals surface area contributed by atoms with Gasteiger partial charge in [0.2, 0.25) is 5.95 Å². The summed E-state index contributed by atoms with van der Waals surface area (Å²) in [6.07, 6.45) is 0.328. The molecule has 0 unspecified atom stereocenters. The van der Waals surface area contributed by atoms with Crippen molar-refractivity contribution in [2.24, 2.45) is 0 Å². The van der Waals surface area contributed by atoms with Gasteiger partial charge in [-0.1, -0.05) is 24.3 Å². The molecule has 0 radical (unpaired) electrons. The summed E-state index contributed by atoms with van der Waals surface area (Å²) in [7, 11) is 0. The molecule has 3 aliphatic heterocycles. The lowest BCUT2D eigenvalue weighted by Gasteiger charge is -2.37. The lowest BCUT2D eigenvalue weighted by Crippen LogP contribution is -2.52. The first-order chi connectivity index (χ1) is 17.9. The third-order valence-electron chi connectivity index (χ3n) is 7.58. The molecule has 1 aromatic heterocycles. The molecule has 2 saturated heterocycles. The fourth-order valence-corrected chi connectivity index (χ4v) is 5.18. The second kappa shape index (κ2) is 11.7. The third kappa shape index (κ3) is 6.56. The van der Waals surface area contributed by atoms with E-state index in [9.17, 15) is 9.90 Å². The molecule has 4 N–H and O–H groups in total. The Morgan fingerprint density at radius 2 is 1.86 bits per heavy atom. The second-order valence-electron chi connectivity index (χ2n) is 10.7. The summed E-state index contributed by atoms with van der Waals surface area (Å²) < 4.78 is 0. The van der Waals surface area contributed by atoms with Gasteiger partial charge in [0.15, 0.2) is 0 Å². The van der Waals surface area contributed by atoms with Crippen LogP contribution in [0.2, 0.25) is 0 Å². The van der Waals surface area contributed by atoms with Crippen LogP contribution in [0.4, 0.5) is 11.8 Å². The average molecular weight is 509 g/mol. The Hall–Kier alpha value is -2.79. The Kier molecular flexibility index (Phi) is 8.19. The first-order valence-corrected chi connectivity index (χ1v) is 13.6. The summed E-state index contributed by atoms with van der Waals surface area (Å²) in [6, 6.07) is 11.0. The smallest absolute Gasteiger partial charge is 0.270 e. The van der Waals surface area contributed by atoms with Gasteiger partial charge in [-0.2, -0.15) is 4.98 Å². The number of benzene rings is 1. The maximum Gasteiger partial charge on any atom is 0.270 e. The van der Waals surface area contributed by atoms with E-state index in [-0.39, 0.29) is 12.5 Å². The zero-order chi connectivity index (χ0) is 25.8. The van der Waals surface area contributed by atoms with E-state index < -0.39 is 6.10 Å². The van der Waals surface area contributed by atoms with Crippen LogP contribution in [0.5, 0.6) is 0 Å². The Balaban J connectivity index is 1.20. The predicted octanol–water partition coefficient (Wildman–Crippen LogP) is 0.540. The monoisotopic (exact) mass is 508 g/mol. The lowest BCUT2D eigenvalue weighted by molar-refractivity contribution is 0.0838. The number of nitrogens with zero attached hydrogens (tertiary/aromatic N) is 5. The number of hydrogen-bond acceptors (Lipinski definition) is 9. The van der Waals surface area contributed by atoms with Gasteiger partial charge in [-0.05, 0) is 31.4 Å². The van der Waals surface area contributed by atoms with Gasteiger partial charge < -0.3 is 26.0 Å². The average Bonchev–Trinajstić information content (AvgIpc) is 2.89. The van der Waals surface area contributed by atoms with Crippen molar-refractivity contribution in [3.05, 3.63) is 47.2 Å². The van der Waals surface area contributed by atoms with Gasteiger partial charge in [-0.15, -0.1) is 0 Å². The van der Waals surface area contributed by atoms with Crippen LogP contribution in [0.3, 0.4) is 0 Å². The highest BCUT2D eigenvalue weighted by molar-refractivity contribution is 5.93. The van der Waals surface area contributed by atoms with Crippen LogP contribution in [0.25, 0.3) is 0 Å². The largest absolute Gasteiger partial charge is 0.390 e. The number of nitrogens with one attached hydrogen (secondary N) is 3. The van der Waals surface area contributed by atoms with Crippen molar-refractivity contribution in [3.8, 4) is 0 Å². The van der Waals surface area contributed by atoms with E-state index in [1.165, 1.54) is 11.1 Å². The van der Waals surface area contributed by atoms with Crippen molar-refractivity contribution in [1.29, 1.82) is 0 Å². The molecule has 2 aromatic rings. The molecule has 5 rings (SSSR count). The Bertz CT molecular complexity index is 1070. The fraction of sp³-hybridized carbons (Fsp3) is 0.593. The van der Waals surface area contributed by atoms with Gasteiger partial charge in [0.1, 0.15) is 11.5 Å². The van der Waals surface area contributed by atoms with Crippen LogP contribution in [0.1, 0.15) is 35.5 Å². The van der Waals surface area contributed by atoms with E-state index in [0.29, 0.717) is 36.1 Å². The van der Waals surface area contributed by atoms with E-state index in [1.807, 2.05) is 0 Å². The van der Waals surface area contributed by atoms with Gasteiger partial charge >= 0.3 is 0 Å². The van der Waals surface area contributed by atoms with Gasteiger partial charge in [0.05, 0.1) is 12.1 Å². The molecule has 0 aliphatic carbocycles. The number of carbonyl (C=O) groups is 1. The summed E-state index contributed by atoms with van der Waals surface area (Å²) in [5.74, 6) is 0.959. The van der Waals surface area contributed by atoms with Gasteiger partial charge in [-0.25, -0.2) is 4.98 Å². The highest BCUT2D eigenvalue weighted by Crippen LogP contribution is 2.20. The number of β-amino-alcohol motifs (C(OH)–C–C–N with tert-alkyl or cyclic N) is 1. The van der Waals surface area contributed by atoms with E-state index in [1.54, 1.807) is 6.07 Å². The van der Waals surface area contributed by atoms with E-state index in [4.69, 9.17) is 4.98 Å². The van der Waals surface area contributed by atoms with E-state index >= 15 is 0 Å². The molecule has 37 heavy (non-hydrogen) atoms. The number of piperazine rings is 1. The summed E-state index contributed by atoms with van der Waals surface area (Å²) in [4.78, 5) is 29.3. The van der Waals surface area contributed by atoms with Gasteiger partial charge in [0.25, 0.3) is 5.91 Å². The molecular weight excluding hydrogens is 468 g/mol. The van der Waals surface area contributed by atoms with Crippen LogP contribution < -0.4 is 20.9 Å². The van der Waals surface area contributed by atoms with Crippen molar-refractivity contribution >= 4 is 17.7 Å². The van der Waals surface area contributed by atoms with Crippen LogP contribution in [-0.4, -0.2) is 108 Å².